The van der Waals surface area contributed by atoms with E-state index in [4.69, 9.17) is 9.47 Å². The first-order valence-corrected chi connectivity index (χ1v) is 6.53. The summed E-state index contributed by atoms with van der Waals surface area (Å²) in [6.45, 7) is 9.33. The fraction of sp³-hybridized carbons (Fsp3) is 1.00. The van der Waals surface area contributed by atoms with Crippen LogP contribution in [-0.2, 0) is 9.47 Å². The van der Waals surface area contributed by atoms with Crippen molar-refractivity contribution in [3.05, 3.63) is 0 Å². The third kappa shape index (κ3) is 2.96. The molecule has 3 atom stereocenters. The number of nitrogens with one attached hydrogen (secondary N) is 1. The summed E-state index contributed by atoms with van der Waals surface area (Å²) in [6.07, 6.45) is 3.92. The molecule has 3 heteroatoms. The summed E-state index contributed by atoms with van der Waals surface area (Å²) in [5.41, 5.74) is 0.308. The van der Waals surface area contributed by atoms with E-state index in [9.17, 15) is 0 Å². The minimum Gasteiger partial charge on any atom is -0.382 e. The Morgan fingerprint density at radius 1 is 1.31 bits per heavy atom. The van der Waals surface area contributed by atoms with Gasteiger partial charge in [0.1, 0.15) is 0 Å². The number of rotatable bonds is 8. The van der Waals surface area contributed by atoms with E-state index in [0.717, 1.165) is 19.6 Å². The minimum absolute atomic E-state index is 0.308. The maximum atomic E-state index is 5.87. The van der Waals surface area contributed by atoms with Crippen molar-refractivity contribution in [2.45, 2.75) is 52.2 Å². The largest absolute Gasteiger partial charge is 0.382 e. The summed E-state index contributed by atoms with van der Waals surface area (Å²) in [4.78, 5) is 0. The topological polar surface area (TPSA) is 30.5 Å². The van der Waals surface area contributed by atoms with E-state index in [1.54, 1.807) is 7.11 Å². The highest BCUT2D eigenvalue weighted by Gasteiger charge is 2.50. The van der Waals surface area contributed by atoms with E-state index in [0.29, 0.717) is 24.2 Å². The van der Waals surface area contributed by atoms with Gasteiger partial charge < -0.3 is 14.8 Å². The smallest absolute Gasteiger partial charge is 0.0704 e. The lowest BCUT2D eigenvalue weighted by Crippen LogP contribution is -2.62. The van der Waals surface area contributed by atoms with Crippen LogP contribution in [0.5, 0.6) is 0 Å². The lowest BCUT2D eigenvalue weighted by atomic mass is 9.61. The predicted molar refractivity (Wildman–Crippen MR) is 66.7 cm³/mol. The molecule has 0 amide bonds. The van der Waals surface area contributed by atoms with Crippen molar-refractivity contribution in [2.75, 3.05) is 26.9 Å². The van der Waals surface area contributed by atoms with Crippen molar-refractivity contribution in [3.63, 3.8) is 0 Å². The van der Waals surface area contributed by atoms with Crippen molar-refractivity contribution in [1.82, 2.24) is 5.32 Å². The first kappa shape index (κ1) is 13.9. The Labute approximate surface area is 99.9 Å². The molecule has 96 valence electrons. The average molecular weight is 229 g/mol. The van der Waals surface area contributed by atoms with Crippen LogP contribution in [0.15, 0.2) is 0 Å². The van der Waals surface area contributed by atoms with E-state index in [-0.39, 0.29) is 0 Å². The zero-order valence-electron chi connectivity index (χ0n) is 11.2. The summed E-state index contributed by atoms with van der Waals surface area (Å²) in [6, 6.07) is 0.630. The van der Waals surface area contributed by atoms with Crippen LogP contribution in [0, 0.1) is 5.41 Å². The highest BCUT2D eigenvalue weighted by Crippen LogP contribution is 2.45. The quantitative estimate of drug-likeness (QED) is 0.647. The molecule has 0 aromatic heterocycles. The molecule has 1 aliphatic carbocycles. The fourth-order valence-electron chi connectivity index (χ4n) is 2.46. The zero-order chi connectivity index (χ0) is 12.0. The highest BCUT2D eigenvalue weighted by atomic mass is 16.5. The molecule has 0 bridgehead atoms. The van der Waals surface area contributed by atoms with E-state index in [2.05, 4.69) is 26.1 Å². The Morgan fingerprint density at radius 3 is 2.62 bits per heavy atom. The van der Waals surface area contributed by atoms with Crippen LogP contribution in [-0.4, -0.2) is 39.0 Å². The minimum atomic E-state index is 0.308. The molecular formula is C13H27NO2. The molecule has 0 aromatic rings. The van der Waals surface area contributed by atoms with Crippen molar-refractivity contribution in [2.24, 2.45) is 5.41 Å². The van der Waals surface area contributed by atoms with Gasteiger partial charge in [0.05, 0.1) is 19.3 Å². The Morgan fingerprint density at radius 2 is 2.06 bits per heavy atom. The van der Waals surface area contributed by atoms with Crippen molar-refractivity contribution >= 4 is 0 Å². The van der Waals surface area contributed by atoms with Crippen LogP contribution in [0.1, 0.15) is 40.0 Å². The third-order valence-corrected chi connectivity index (χ3v) is 3.99. The number of ether oxygens (including phenoxy) is 2. The second kappa shape index (κ2) is 6.58. The maximum absolute atomic E-state index is 5.87. The van der Waals surface area contributed by atoms with E-state index in [1.807, 2.05) is 0 Å². The van der Waals surface area contributed by atoms with Gasteiger partial charge in [-0.2, -0.15) is 0 Å². The van der Waals surface area contributed by atoms with Crippen LogP contribution in [0.25, 0.3) is 0 Å². The van der Waals surface area contributed by atoms with Gasteiger partial charge in [0.25, 0.3) is 0 Å². The second-order valence-corrected chi connectivity index (χ2v) is 4.95. The molecule has 1 N–H and O–H groups in total. The molecular weight excluding hydrogens is 202 g/mol. The molecule has 1 rings (SSSR count). The second-order valence-electron chi connectivity index (χ2n) is 4.95. The third-order valence-electron chi connectivity index (χ3n) is 3.99. The van der Waals surface area contributed by atoms with Crippen LogP contribution in [0.3, 0.4) is 0 Å². The predicted octanol–water partition coefficient (Wildman–Crippen LogP) is 2.21. The normalized spacial score (nSPS) is 33.8. The van der Waals surface area contributed by atoms with Gasteiger partial charge in [-0.25, -0.2) is 0 Å². The van der Waals surface area contributed by atoms with Gasteiger partial charge in [0.2, 0.25) is 0 Å². The lowest BCUT2D eigenvalue weighted by Gasteiger charge is -2.54. The first-order chi connectivity index (χ1) is 7.69. The molecule has 0 radical (unpaired) electrons. The molecule has 3 nitrogen and oxygen atoms in total. The standard InChI is InChI=1S/C13H27NO2/c1-5-7-14-11-10-12(13(11,3)6-2)16-9-8-15-4/h11-12,14H,5-10H2,1-4H3. The van der Waals surface area contributed by atoms with E-state index < -0.39 is 0 Å². The summed E-state index contributed by atoms with van der Waals surface area (Å²) in [5.74, 6) is 0. The summed E-state index contributed by atoms with van der Waals surface area (Å²) in [5, 5.41) is 3.62. The molecule has 0 heterocycles. The van der Waals surface area contributed by atoms with Gasteiger partial charge in [-0.05, 0) is 25.8 Å². The Hall–Kier alpha value is -0.120. The number of hydrogen-bond donors (Lipinski definition) is 1. The summed E-state index contributed by atoms with van der Waals surface area (Å²) < 4.78 is 10.9. The van der Waals surface area contributed by atoms with Crippen molar-refractivity contribution in [3.8, 4) is 0 Å². The number of methoxy groups -OCH3 is 1. The van der Waals surface area contributed by atoms with Gasteiger partial charge >= 0.3 is 0 Å². The SMILES string of the molecule is CCCNC1CC(OCCOC)C1(C)CC. The van der Waals surface area contributed by atoms with Gasteiger partial charge in [0.15, 0.2) is 0 Å². The Bertz CT molecular complexity index is 198. The van der Waals surface area contributed by atoms with Crippen LogP contribution < -0.4 is 5.32 Å². The first-order valence-electron chi connectivity index (χ1n) is 6.53. The molecule has 1 aliphatic rings. The van der Waals surface area contributed by atoms with Gasteiger partial charge in [-0.3, -0.25) is 0 Å². The van der Waals surface area contributed by atoms with Gasteiger partial charge in [0, 0.05) is 18.6 Å². The van der Waals surface area contributed by atoms with Crippen molar-refractivity contribution in [1.29, 1.82) is 0 Å². The molecule has 16 heavy (non-hydrogen) atoms. The van der Waals surface area contributed by atoms with Crippen LogP contribution >= 0.6 is 0 Å². The molecule has 0 spiro atoms. The molecule has 1 saturated carbocycles. The highest BCUT2D eigenvalue weighted by molar-refractivity contribution is 5.04. The molecule has 0 aromatic carbocycles. The summed E-state index contributed by atoms with van der Waals surface area (Å²) >= 11 is 0. The molecule has 0 saturated heterocycles. The van der Waals surface area contributed by atoms with Crippen LogP contribution in [0.4, 0.5) is 0 Å². The Balaban J connectivity index is 2.33. The van der Waals surface area contributed by atoms with E-state index >= 15 is 0 Å². The van der Waals surface area contributed by atoms with Gasteiger partial charge in [-0.15, -0.1) is 0 Å². The zero-order valence-corrected chi connectivity index (χ0v) is 11.2. The Kier molecular flexibility index (Phi) is 5.73. The molecule has 3 unspecified atom stereocenters. The van der Waals surface area contributed by atoms with Crippen molar-refractivity contribution < 1.29 is 9.47 Å². The average Bonchev–Trinajstić information content (AvgIpc) is 2.30. The summed E-state index contributed by atoms with van der Waals surface area (Å²) in [7, 11) is 1.72. The van der Waals surface area contributed by atoms with Crippen LogP contribution in [0.2, 0.25) is 0 Å². The monoisotopic (exact) mass is 229 g/mol. The van der Waals surface area contributed by atoms with Gasteiger partial charge in [-0.1, -0.05) is 20.8 Å². The lowest BCUT2D eigenvalue weighted by molar-refractivity contribution is -0.135. The molecule has 1 fully saturated rings. The maximum Gasteiger partial charge on any atom is 0.0704 e. The molecule has 0 aliphatic heterocycles. The van der Waals surface area contributed by atoms with E-state index in [1.165, 1.54) is 12.8 Å². The fourth-order valence-corrected chi connectivity index (χ4v) is 2.46. The number of hydrogen-bond acceptors (Lipinski definition) is 3.